The van der Waals surface area contributed by atoms with Crippen LogP contribution in [0.15, 0.2) is 29.2 Å². The Morgan fingerprint density at radius 3 is 2.57 bits per heavy atom. The maximum Gasteiger partial charge on any atom is 0.244 e. The summed E-state index contributed by atoms with van der Waals surface area (Å²) in [7, 11) is -0.966. The summed E-state index contributed by atoms with van der Waals surface area (Å²) in [4.78, 5) is 11.0. The summed E-state index contributed by atoms with van der Waals surface area (Å²) in [5, 5.41) is 0. The van der Waals surface area contributed by atoms with Crippen LogP contribution in [0.25, 0.3) is 0 Å². The zero-order valence-corrected chi connectivity index (χ0v) is 17.0. The molecular formula is C18H24N4O5S. The second kappa shape index (κ2) is 8.72. The first-order valence-corrected chi connectivity index (χ1v) is 10.3. The summed E-state index contributed by atoms with van der Waals surface area (Å²) in [6, 6.07) is 6.48. The summed E-state index contributed by atoms with van der Waals surface area (Å²) >= 11 is 0. The molecular weight excluding hydrogens is 384 g/mol. The Hall–Kier alpha value is -2.43. The first-order chi connectivity index (χ1) is 13.4. The van der Waals surface area contributed by atoms with Crippen LogP contribution in [0.5, 0.6) is 11.5 Å². The molecule has 1 N–H and O–H groups in total. The molecule has 28 heavy (non-hydrogen) atoms. The molecule has 1 fully saturated rings. The number of ether oxygens (including phenoxy) is 3. The highest BCUT2D eigenvalue weighted by Gasteiger charge is 2.21. The number of rotatable bonds is 7. The number of hydrogen-bond donors (Lipinski definition) is 1. The molecule has 2 aromatic rings. The minimum Gasteiger partial charge on any atom is -0.497 e. The SMILES string of the molecule is COc1ccc(OC)c(S(=O)(=O)NCc2nc(C)cc(N3CCOCC3)n2)c1. The fourth-order valence-corrected chi connectivity index (χ4v) is 4.04. The average molecular weight is 408 g/mol. The van der Waals surface area contributed by atoms with Gasteiger partial charge in [0, 0.05) is 30.9 Å². The molecule has 0 amide bonds. The molecule has 0 aliphatic carbocycles. The van der Waals surface area contributed by atoms with Gasteiger partial charge in [-0.15, -0.1) is 0 Å². The number of aromatic nitrogens is 2. The summed E-state index contributed by atoms with van der Waals surface area (Å²) < 4.78 is 43.8. The zero-order valence-electron chi connectivity index (χ0n) is 16.1. The van der Waals surface area contributed by atoms with E-state index < -0.39 is 10.0 Å². The molecule has 152 valence electrons. The van der Waals surface area contributed by atoms with E-state index in [0.717, 1.165) is 24.6 Å². The lowest BCUT2D eigenvalue weighted by atomic mass is 10.3. The zero-order chi connectivity index (χ0) is 20.1. The van der Waals surface area contributed by atoms with E-state index in [-0.39, 0.29) is 17.2 Å². The van der Waals surface area contributed by atoms with Gasteiger partial charge in [-0.3, -0.25) is 0 Å². The molecule has 0 atom stereocenters. The van der Waals surface area contributed by atoms with Crippen LogP contribution in [0.2, 0.25) is 0 Å². The number of nitrogens with one attached hydrogen (secondary N) is 1. The molecule has 0 radical (unpaired) electrons. The Morgan fingerprint density at radius 1 is 1.14 bits per heavy atom. The largest absolute Gasteiger partial charge is 0.497 e. The van der Waals surface area contributed by atoms with Crippen molar-refractivity contribution in [2.24, 2.45) is 0 Å². The van der Waals surface area contributed by atoms with Crippen LogP contribution >= 0.6 is 0 Å². The number of anilines is 1. The van der Waals surface area contributed by atoms with E-state index >= 15 is 0 Å². The predicted molar refractivity (Wildman–Crippen MR) is 103 cm³/mol. The number of morpholine rings is 1. The molecule has 0 spiro atoms. The van der Waals surface area contributed by atoms with Gasteiger partial charge >= 0.3 is 0 Å². The van der Waals surface area contributed by atoms with E-state index in [2.05, 4.69) is 19.6 Å². The molecule has 0 saturated carbocycles. The van der Waals surface area contributed by atoms with Crippen LogP contribution in [0.4, 0.5) is 5.82 Å². The third-order valence-electron chi connectivity index (χ3n) is 4.30. The van der Waals surface area contributed by atoms with E-state index in [0.29, 0.717) is 24.8 Å². The van der Waals surface area contributed by atoms with Crippen LogP contribution in [0.3, 0.4) is 0 Å². The highest BCUT2D eigenvalue weighted by atomic mass is 32.2. The van der Waals surface area contributed by atoms with Crippen LogP contribution in [-0.2, 0) is 21.3 Å². The van der Waals surface area contributed by atoms with Gasteiger partial charge in [-0.2, -0.15) is 0 Å². The van der Waals surface area contributed by atoms with Crippen molar-refractivity contribution in [1.29, 1.82) is 0 Å². The maximum atomic E-state index is 12.8. The molecule has 1 aromatic carbocycles. The maximum absolute atomic E-state index is 12.8. The minimum absolute atomic E-state index is 0.00425. The van der Waals surface area contributed by atoms with Crippen molar-refractivity contribution in [3.05, 3.63) is 35.8 Å². The van der Waals surface area contributed by atoms with Crippen molar-refractivity contribution in [2.75, 3.05) is 45.4 Å². The quantitative estimate of drug-likeness (QED) is 0.727. The fraction of sp³-hybridized carbons (Fsp3) is 0.444. The fourth-order valence-electron chi connectivity index (χ4n) is 2.88. The van der Waals surface area contributed by atoms with E-state index in [1.165, 1.54) is 20.3 Å². The summed E-state index contributed by atoms with van der Waals surface area (Å²) in [6.07, 6.45) is 0. The number of methoxy groups -OCH3 is 2. The Kier molecular flexibility index (Phi) is 6.32. The van der Waals surface area contributed by atoms with Crippen LogP contribution in [0, 0.1) is 6.92 Å². The second-order valence-electron chi connectivity index (χ2n) is 6.22. The predicted octanol–water partition coefficient (Wildman–Crippen LogP) is 1.12. The topological polar surface area (TPSA) is 103 Å². The minimum atomic E-state index is -3.85. The first kappa shape index (κ1) is 20.3. The Balaban J connectivity index is 1.80. The van der Waals surface area contributed by atoms with Crippen molar-refractivity contribution >= 4 is 15.8 Å². The van der Waals surface area contributed by atoms with E-state index in [1.807, 2.05) is 13.0 Å². The first-order valence-electron chi connectivity index (χ1n) is 8.82. The molecule has 0 unspecified atom stereocenters. The van der Waals surface area contributed by atoms with Gasteiger partial charge in [0.1, 0.15) is 28.0 Å². The number of hydrogen-bond acceptors (Lipinski definition) is 8. The van der Waals surface area contributed by atoms with Crippen LogP contribution < -0.4 is 19.1 Å². The number of aryl methyl sites for hydroxylation is 1. The van der Waals surface area contributed by atoms with E-state index in [4.69, 9.17) is 14.2 Å². The number of benzene rings is 1. The number of nitrogens with zero attached hydrogens (tertiary/aromatic N) is 3. The van der Waals surface area contributed by atoms with Crippen LogP contribution in [0.1, 0.15) is 11.5 Å². The molecule has 10 heteroatoms. The molecule has 1 aliphatic heterocycles. The molecule has 3 rings (SSSR count). The van der Waals surface area contributed by atoms with Crippen LogP contribution in [-0.4, -0.2) is 58.9 Å². The van der Waals surface area contributed by atoms with Gasteiger partial charge in [0.2, 0.25) is 10.0 Å². The normalized spacial score (nSPS) is 14.8. The summed E-state index contributed by atoms with van der Waals surface area (Å²) in [6.45, 7) is 4.57. The van der Waals surface area contributed by atoms with Gasteiger partial charge < -0.3 is 19.1 Å². The summed E-state index contributed by atoms with van der Waals surface area (Å²) in [5.41, 5.74) is 0.768. The van der Waals surface area contributed by atoms with Crippen molar-refractivity contribution in [3.8, 4) is 11.5 Å². The standard InChI is InChI=1S/C18H24N4O5S/c1-13-10-18(22-6-8-27-9-7-22)21-17(20-13)12-19-28(23,24)16-11-14(25-2)4-5-15(16)26-3/h4-5,10-11,19H,6-9,12H2,1-3H3. The van der Waals surface area contributed by atoms with Gasteiger partial charge in [0.05, 0.1) is 34.0 Å². The third kappa shape index (κ3) is 4.70. The molecule has 1 aromatic heterocycles. The smallest absolute Gasteiger partial charge is 0.244 e. The van der Waals surface area contributed by atoms with Crippen molar-refractivity contribution in [1.82, 2.24) is 14.7 Å². The molecule has 0 bridgehead atoms. The Morgan fingerprint density at radius 2 is 1.89 bits per heavy atom. The Bertz CT molecular complexity index is 930. The molecule has 1 saturated heterocycles. The lowest BCUT2D eigenvalue weighted by Gasteiger charge is -2.28. The van der Waals surface area contributed by atoms with Gasteiger partial charge in [-0.1, -0.05) is 0 Å². The monoisotopic (exact) mass is 408 g/mol. The second-order valence-corrected chi connectivity index (χ2v) is 7.96. The molecule has 2 heterocycles. The van der Waals surface area contributed by atoms with E-state index in [9.17, 15) is 8.42 Å². The third-order valence-corrected chi connectivity index (χ3v) is 5.73. The highest BCUT2D eigenvalue weighted by molar-refractivity contribution is 7.89. The van der Waals surface area contributed by atoms with E-state index in [1.54, 1.807) is 12.1 Å². The highest BCUT2D eigenvalue weighted by Crippen LogP contribution is 2.28. The molecule has 9 nitrogen and oxygen atoms in total. The lowest BCUT2D eigenvalue weighted by molar-refractivity contribution is 0.122. The lowest BCUT2D eigenvalue weighted by Crippen LogP contribution is -2.37. The van der Waals surface area contributed by atoms with Crippen molar-refractivity contribution in [2.45, 2.75) is 18.4 Å². The van der Waals surface area contributed by atoms with Crippen molar-refractivity contribution < 1.29 is 22.6 Å². The van der Waals surface area contributed by atoms with Gasteiger partial charge in [0.15, 0.2) is 0 Å². The van der Waals surface area contributed by atoms with Gasteiger partial charge in [-0.25, -0.2) is 23.1 Å². The Labute approximate surface area is 164 Å². The van der Waals surface area contributed by atoms with Crippen molar-refractivity contribution in [3.63, 3.8) is 0 Å². The summed E-state index contributed by atoms with van der Waals surface area (Å²) in [5.74, 6) is 1.81. The number of sulfonamides is 1. The molecule has 1 aliphatic rings. The van der Waals surface area contributed by atoms with Gasteiger partial charge in [-0.05, 0) is 19.1 Å². The average Bonchev–Trinajstić information content (AvgIpc) is 2.72. The van der Waals surface area contributed by atoms with Gasteiger partial charge in [0.25, 0.3) is 0 Å².